The topological polar surface area (TPSA) is 52.6 Å². The van der Waals surface area contributed by atoms with Gasteiger partial charge in [0.1, 0.15) is 9.65 Å². The molecule has 0 heterocycles. The van der Waals surface area contributed by atoms with E-state index in [-0.39, 0.29) is 21.6 Å². The first-order chi connectivity index (χ1) is 9.52. The van der Waals surface area contributed by atoms with Gasteiger partial charge in [0.2, 0.25) is 0 Å². The van der Waals surface area contributed by atoms with Gasteiger partial charge < -0.3 is 9.47 Å². The molecule has 0 radical (unpaired) electrons. The summed E-state index contributed by atoms with van der Waals surface area (Å²) in [4.78, 5) is 22.3. The molecule has 2 atom stereocenters. The molecular weight excluding hydrogens is 392 g/mol. The summed E-state index contributed by atoms with van der Waals surface area (Å²) in [5.41, 5.74) is 0. The number of esters is 2. The van der Waals surface area contributed by atoms with Crippen molar-refractivity contribution in [1.29, 1.82) is 0 Å². The van der Waals surface area contributed by atoms with Crippen molar-refractivity contribution in [3.05, 3.63) is 0 Å². The molecule has 20 heavy (non-hydrogen) atoms. The summed E-state index contributed by atoms with van der Waals surface area (Å²) >= 11 is 6.66. The lowest BCUT2D eigenvalue weighted by Crippen LogP contribution is -2.17. The molecule has 0 saturated heterocycles. The first kappa shape index (κ1) is 19.9. The molecule has 0 N–H and O–H groups in total. The fraction of sp³-hybridized carbons (Fsp3) is 0.857. The van der Waals surface area contributed by atoms with Crippen molar-refractivity contribution in [3.63, 3.8) is 0 Å². The van der Waals surface area contributed by atoms with E-state index in [4.69, 9.17) is 9.47 Å². The van der Waals surface area contributed by atoms with Crippen LogP contribution in [0.1, 0.15) is 52.4 Å². The summed E-state index contributed by atoms with van der Waals surface area (Å²) in [6.45, 7) is 4.44. The van der Waals surface area contributed by atoms with Gasteiger partial charge in [-0.1, -0.05) is 57.5 Å². The van der Waals surface area contributed by atoms with E-state index in [0.29, 0.717) is 13.2 Å². The maximum absolute atomic E-state index is 11.4. The third kappa shape index (κ3) is 9.75. The predicted octanol–water partition coefficient (Wildman–Crippen LogP) is 3.98. The smallest absolute Gasteiger partial charge is 0.319 e. The molecule has 0 amide bonds. The summed E-state index contributed by atoms with van der Waals surface area (Å²) in [5, 5.41) is 0. The second-order valence-electron chi connectivity index (χ2n) is 4.43. The molecule has 0 aromatic rings. The quantitative estimate of drug-likeness (QED) is 0.291. The van der Waals surface area contributed by atoms with Crippen LogP contribution >= 0.6 is 31.9 Å². The summed E-state index contributed by atoms with van der Waals surface area (Å²) in [7, 11) is 0. The molecule has 4 nitrogen and oxygen atoms in total. The number of ether oxygens (including phenoxy) is 2. The fourth-order valence-corrected chi connectivity index (χ4v) is 2.61. The van der Waals surface area contributed by atoms with Crippen molar-refractivity contribution in [2.24, 2.45) is 0 Å². The number of rotatable bonds is 11. The number of hydrogen-bond donors (Lipinski definition) is 0. The molecule has 0 aliphatic rings. The van der Waals surface area contributed by atoms with Crippen LogP contribution in [0.2, 0.25) is 0 Å². The Kier molecular flexibility index (Phi) is 12.6. The number of carbonyl (C=O) groups is 2. The number of alkyl halides is 2. The highest BCUT2D eigenvalue weighted by Gasteiger charge is 2.16. The van der Waals surface area contributed by atoms with Crippen LogP contribution in [0.4, 0.5) is 0 Å². The minimum Gasteiger partial charge on any atom is -0.465 e. The van der Waals surface area contributed by atoms with E-state index in [1.807, 2.05) is 0 Å². The standard InChI is InChI=1S/C14H24Br2O4/c1-3-19-13(17)11(15)9-7-5-6-8-10-12(16)14(18)20-4-2/h11-12H,3-10H2,1-2H3/t11-,12-/m0/s1. The van der Waals surface area contributed by atoms with E-state index >= 15 is 0 Å². The highest BCUT2D eigenvalue weighted by molar-refractivity contribution is 9.10. The highest BCUT2D eigenvalue weighted by atomic mass is 79.9. The average Bonchev–Trinajstić information content (AvgIpc) is 2.42. The van der Waals surface area contributed by atoms with Gasteiger partial charge in [0, 0.05) is 0 Å². The highest BCUT2D eigenvalue weighted by Crippen LogP contribution is 2.16. The number of unbranched alkanes of at least 4 members (excludes halogenated alkanes) is 3. The number of hydrogen-bond acceptors (Lipinski definition) is 4. The summed E-state index contributed by atoms with van der Waals surface area (Å²) in [6.07, 6.45) is 5.61. The molecule has 0 aliphatic carbocycles. The zero-order valence-corrected chi connectivity index (χ0v) is 15.4. The van der Waals surface area contributed by atoms with Crippen molar-refractivity contribution >= 4 is 43.8 Å². The van der Waals surface area contributed by atoms with Crippen molar-refractivity contribution in [3.8, 4) is 0 Å². The van der Waals surface area contributed by atoms with Crippen molar-refractivity contribution < 1.29 is 19.1 Å². The van der Waals surface area contributed by atoms with E-state index in [9.17, 15) is 9.59 Å². The van der Waals surface area contributed by atoms with Crippen molar-refractivity contribution in [1.82, 2.24) is 0 Å². The maximum atomic E-state index is 11.4. The van der Waals surface area contributed by atoms with Crippen LogP contribution in [0.25, 0.3) is 0 Å². The minimum absolute atomic E-state index is 0.185. The Morgan fingerprint density at radius 1 is 0.800 bits per heavy atom. The Balaban J connectivity index is 3.53. The zero-order chi connectivity index (χ0) is 15.4. The van der Waals surface area contributed by atoms with Crippen molar-refractivity contribution in [2.75, 3.05) is 13.2 Å². The SMILES string of the molecule is CCOC(=O)[C@@H](Br)CCCCCC[C@H](Br)C(=O)OCC. The van der Waals surface area contributed by atoms with Crippen LogP contribution in [0, 0.1) is 0 Å². The monoisotopic (exact) mass is 414 g/mol. The normalized spacial score (nSPS) is 13.6. The Labute approximate surface area is 138 Å². The molecule has 118 valence electrons. The van der Waals surface area contributed by atoms with Crippen LogP contribution in [-0.2, 0) is 19.1 Å². The van der Waals surface area contributed by atoms with Crippen LogP contribution in [-0.4, -0.2) is 34.8 Å². The lowest BCUT2D eigenvalue weighted by molar-refractivity contribution is -0.143. The van der Waals surface area contributed by atoms with Gasteiger partial charge in [-0.2, -0.15) is 0 Å². The lowest BCUT2D eigenvalue weighted by Gasteiger charge is -2.10. The second-order valence-corrected chi connectivity index (χ2v) is 6.64. The Hall–Kier alpha value is -0.100. The minimum atomic E-state index is -0.203. The Bertz CT molecular complexity index is 256. The molecule has 0 aliphatic heterocycles. The van der Waals surface area contributed by atoms with E-state index in [0.717, 1.165) is 38.5 Å². The van der Waals surface area contributed by atoms with Gasteiger partial charge in [-0.3, -0.25) is 9.59 Å². The van der Waals surface area contributed by atoms with Crippen LogP contribution < -0.4 is 0 Å². The largest absolute Gasteiger partial charge is 0.465 e. The van der Waals surface area contributed by atoms with Gasteiger partial charge >= 0.3 is 11.9 Å². The molecule has 0 spiro atoms. The fourth-order valence-electron chi connectivity index (χ4n) is 1.70. The molecule has 0 saturated carbocycles. The Morgan fingerprint density at radius 2 is 1.15 bits per heavy atom. The van der Waals surface area contributed by atoms with E-state index in [1.54, 1.807) is 13.8 Å². The van der Waals surface area contributed by atoms with Crippen LogP contribution in [0.15, 0.2) is 0 Å². The van der Waals surface area contributed by atoms with Gasteiger partial charge in [0.05, 0.1) is 13.2 Å². The first-order valence-electron chi connectivity index (χ1n) is 7.14. The second kappa shape index (κ2) is 12.6. The van der Waals surface area contributed by atoms with Crippen LogP contribution in [0.3, 0.4) is 0 Å². The summed E-state index contributed by atoms with van der Waals surface area (Å²) in [5.74, 6) is -0.370. The van der Waals surface area contributed by atoms with Gasteiger partial charge in [-0.15, -0.1) is 0 Å². The molecule has 0 unspecified atom stereocenters. The Morgan fingerprint density at radius 3 is 1.45 bits per heavy atom. The maximum Gasteiger partial charge on any atom is 0.319 e. The van der Waals surface area contributed by atoms with Gasteiger partial charge in [0.15, 0.2) is 0 Å². The molecule has 0 fully saturated rings. The summed E-state index contributed by atoms with van der Waals surface area (Å²) in [6, 6.07) is 0. The summed E-state index contributed by atoms with van der Waals surface area (Å²) < 4.78 is 9.84. The predicted molar refractivity (Wildman–Crippen MR) is 86.4 cm³/mol. The zero-order valence-electron chi connectivity index (χ0n) is 12.2. The molecule has 6 heteroatoms. The van der Waals surface area contributed by atoms with E-state index in [2.05, 4.69) is 31.9 Å². The van der Waals surface area contributed by atoms with E-state index in [1.165, 1.54) is 0 Å². The average molecular weight is 416 g/mol. The third-order valence-corrected chi connectivity index (χ3v) is 4.41. The number of halogens is 2. The lowest BCUT2D eigenvalue weighted by atomic mass is 10.1. The number of carbonyl (C=O) groups excluding carboxylic acids is 2. The molecular formula is C14H24Br2O4. The molecule has 0 bridgehead atoms. The van der Waals surface area contributed by atoms with Gasteiger partial charge in [0.25, 0.3) is 0 Å². The van der Waals surface area contributed by atoms with Crippen LogP contribution in [0.5, 0.6) is 0 Å². The first-order valence-corrected chi connectivity index (χ1v) is 8.97. The molecule has 0 rings (SSSR count). The van der Waals surface area contributed by atoms with Gasteiger partial charge in [-0.25, -0.2) is 0 Å². The molecule has 0 aromatic carbocycles. The molecule has 0 aromatic heterocycles. The van der Waals surface area contributed by atoms with E-state index < -0.39 is 0 Å². The van der Waals surface area contributed by atoms with Crippen molar-refractivity contribution in [2.45, 2.75) is 62.0 Å². The third-order valence-electron chi connectivity index (χ3n) is 2.75. The van der Waals surface area contributed by atoms with Gasteiger partial charge in [-0.05, 0) is 26.7 Å².